The van der Waals surface area contributed by atoms with Crippen molar-refractivity contribution in [2.45, 2.75) is 36.3 Å². The summed E-state index contributed by atoms with van der Waals surface area (Å²) in [5.74, 6) is 0. The molecule has 6 nitrogen and oxygen atoms in total. The third-order valence-corrected chi connectivity index (χ3v) is 2.14. The third-order valence-electron chi connectivity index (χ3n) is 1.90. The van der Waals surface area contributed by atoms with E-state index in [-0.39, 0.29) is 0 Å². The molecule has 1 saturated heterocycles. The van der Waals surface area contributed by atoms with Crippen molar-refractivity contribution < 1.29 is 30.3 Å². The molecule has 5 N–H and O–H groups in total. The van der Waals surface area contributed by atoms with Crippen LogP contribution in [0.1, 0.15) is 0 Å². The summed E-state index contributed by atoms with van der Waals surface area (Å²) in [5, 5.41) is 45.2. The van der Waals surface area contributed by atoms with E-state index in [1.165, 1.54) is 0 Å². The van der Waals surface area contributed by atoms with Gasteiger partial charge in [0.25, 0.3) is 0 Å². The van der Waals surface area contributed by atoms with E-state index in [0.29, 0.717) is 0 Å². The van der Waals surface area contributed by atoms with Crippen molar-refractivity contribution in [3.05, 3.63) is 0 Å². The first-order valence-corrected chi connectivity index (χ1v) is 4.08. The average molecular weight is 215 g/mol. The predicted molar refractivity (Wildman–Crippen MR) is 40.8 cm³/mol. The molecule has 0 aliphatic carbocycles. The zero-order chi connectivity index (χ0) is 10.2. The first kappa shape index (κ1) is 11.1. The summed E-state index contributed by atoms with van der Waals surface area (Å²) < 4.78 is 4.56. The average Bonchev–Trinajstić information content (AvgIpc) is 2.07. The van der Waals surface area contributed by atoms with Crippen LogP contribution in [0, 0.1) is 0 Å². The molecule has 1 aliphatic rings. The van der Waals surface area contributed by atoms with Crippen LogP contribution < -0.4 is 0 Å². The molecule has 0 saturated carbocycles. The van der Waals surface area contributed by atoms with Gasteiger partial charge in [-0.3, -0.25) is 0 Å². The molecule has 0 amide bonds. The smallest absolute Gasteiger partial charge is 0.184 e. The Bertz CT molecular complexity index is 177. The van der Waals surface area contributed by atoms with Gasteiger partial charge in [-0.15, -0.1) is 0 Å². The fourth-order valence-corrected chi connectivity index (χ4v) is 1.32. The minimum Gasteiger partial charge on any atom is -0.387 e. The van der Waals surface area contributed by atoms with E-state index < -0.39 is 36.3 Å². The molecular formula is C6H11ClO6. The Morgan fingerprint density at radius 2 is 1.54 bits per heavy atom. The minimum absolute atomic E-state index is 1.32. The van der Waals surface area contributed by atoms with Crippen LogP contribution >= 0.6 is 11.6 Å². The molecule has 13 heavy (non-hydrogen) atoms. The standard InChI is InChI=1S/C6H11ClO6/c7-5(11)4-2(9)1(8)3(10)6(12)13-4/h1-6,8-12H/t1-,2-,3+,4-,5?,6-/m0/s1. The van der Waals surface area contributed by atoms with E-state index in [0.717, 1.165) is 0 Å². The summed E-state index contributed by atoms with van der Waals surface area (Å²) in [7, 11) is 0. The minimum atomic E-state index is -1.67. The van der Waals surface area contributed by atoms with E-state index >= 15 is 0 Å². The lowest BCUT2D eigenvalue weighted by molar-refractivity contribution is -0.290. The molecule has 1 rings (SSSR count). The van der Waals surface area contributed by atoms with Crippen LogP contribution in [0.5, 0.6) is 0 Å². The van der Waals surface area contributed by atoms with Crippen LogP contribution in [0.2, 0.25) is 0 Å². The van der Waals surface area contributed by atoms with Gasteiger partial charge in [0, 0.05) is 0 Å². The molecule has 0 aromatic rings. The van der Waals surface area contributed by atoms with Gasteiger partial charge >= 0.3 is 0 Å². The first-order chi connectivity index (χ1) is 5.95. The maximum absolute atomic E-state index is 9.21. The molecule has 0 radical (unpaired) electrons. The van der Waals surface area contributed by atoms with E-state index in [1.54, 1.807) is 0 Å². The highest BCUT2D eigenvalue weighted by molar-refractivity contribution is 6.19. The summed E-state index contributed by atoms with van der Waals surface area (Å²) in [6.45, 7) is 0. The van der Waals surface area contributed by atoms with Crippen molar-refractivity contribution in [2.24, 2.45) is 0 Å². The molecule has 1 heterocycles. The van der Waals surface area contributed by atoms with Crippen molar-refractivity contribution in [1.82, 2.24) is 0 Å². The van der Waals surface area contributed by atoms with Gasteiger partial charge in [-0.2, -0.15) is 0 Å². The Labute approximate surface area is 78.9 Å². The summed E-state index contributed by atoms with van der Waals surface area (Å²) in [5.41, 5.74) is -1.56. The zero-order valence-electron chi connectivity index (χ0n) is 6.49. The highest BCUT2D eigenvalue weighted by Gasteiger charge is 2.45. The lowest BCUT2D eigenvalue weighted by atomic mass is 9.99. The molecule has 78 valence electrons. The second-order valence-corrected chi connectivity index (χ2v) is 3.28. The quantitative estimate of drug-likeness (QED) is 0.305. The van der Waals surface area contributed by atoms with Gasteiger partial charge in [-0.25, -0.2) is 0 Å². The number of aliphatic hydroxyl groups excluding tert-OH is 5. The summed E-state index contributed by atoms with van der Waals surface area (Å²) in [4.78, 5) is 0. The fraction of sp³-hybridized carbons (Fsp3) is 1.00. The van der Waals surface area contributed by atoms with Gasteiger partial charge in [0.15, 0.2) is 11.9 Å². The first-order valence-electron chi connectivity index (χ1n) is 3.65. The van der Waals surface area contributed by atoms with Crippen LogP contribution in [-0.4, -0.2) is 61.8 Å². The van der Waals surface area contributed by atoms with Gasteiger partial charge in [-0.05, 0) is 0 Å². The molecule has 7 heteroatoms. The highest BCUT2D eigenvalue weighted by Crippen LogP contribution is 2.23. The topological polar surface area (TPSA) is 110 Å². The van der Waals surface area contributed by atoms with Crippen molar-refractivity contribution in [1.29, 1.82) is 0 Å². The Balaban J connectivity index is 2.70. The number of aliphatic hydroxyl groups is 5. The van der Waals surface area contributed by atoms with Crippen LogP contribution in [0.3, 0.4) is 0 Å². The van der Waals surface area contributed by atoms with E-state index in [1.807, 2.05) is 0 Å². The molecule has 1 fully saturated rings. The Hall–Kier alpha value is 0.0500. The van der Waals surface area contributed by atoms with Crippen molar-refractivity contribution >= 4 is 11.6 Å². The van der Waals surface area contributed by atoms with Crippen molar-refractivity contribution in [3.8, 4) is 0 Å². The lowest BCUT2D eigenvalue weighted by Crippen LogP contribution is -2.59. The molecule has 1 unspecified atom stereocenters. The number of rotatable bonds is 1. The second-order valence-electron chi connectivity index (χ2n) is 2.84. The van der Waals surface area contributed by atoms with Gasteiger partial charge in [0.05, 0.1) is 0 Å². The summed E-state index contributed by atoms with van der Waals surface area (Å²) in [6, 6.07) is 0. The number of halogens is 1. The summed E-state index contributed by atoms with van der Waals surface area (Å²) in [6.07, 6.45) is -7.73. The van der Waals surface area contributed by atoms with Crippen molar-refractivity contribution in [2.75, 3.05) is 0 Å². The predicted octanol–water partition coefficient (Wildman–Crippen LogP) is -2.66. The van der Waals surface area contributed by atoms with Crippen LogP contribution in [-0.2, 0) is 4.74 Å². The van der Waals surface area contributed by atoms with Crippen molar-refractivity contribution in [3.63, 3.8) is 0 Å². The molecule has 6 atom stereocenters. The van der Waals surface area contributed by atoms with Gasteiger partial charge < -0.3 is 30.3 Å². The highest BCUT2D eigenvalue weighted by atomic mass is 35.5. The largest absolute Gasteiger partial charge is 0.387 e. The van der Waals surface area contributed by atoms with E-state index in [9.17, 15) is 5.11 Å². The maximum Gasteiger partial charge on any atom is 0.184 e. The molecule has 0 aromatic carbocycles. The van der Waals surface area contributed by atoms with Gasteiger partial charge in [-0.1, -0.05) is 11.6 Å². The lowest BCUT2D eigenvalue weighted by Gasteiger charge is -2.38. The monoisotopic (exact) mass is 214 g/mol. The molecule has 0 spiro atoms. The van der Waals surface area contributed by atoms with Crippen LogP contribution in [0.4, 0.5) is 0 Å². The third kappa shape index (κ3) is 2.10. The Kier molecular flexibility index (Phi) is 3.47. The van der Waals surface area contributed by atoms with Gasteiger partial charge in [0.2, 0.25) is 0 Å². The molecular weight excluding hydrogens is 204 g/mol. The molecule has 0 bridgehead atoms. The Morgan fingerprint density at radius 3 is 2.00 bits per heavy atom. The second kappa shape index (κ2) is 4.05. The number of hydrogen-bond acceptors (Lipinski definition) is 6. The van der Waals surface area contributed by atoms with Crippen LogP contribution in [0.25, 0.3) is 0 Å². The normalized spacial score (nSPS) is 48.9. The van der Waals surface area contributed by atoms with Crippen LogP contribution in [0.15, 0.2) is 0 Å². The number of ether oxygens (including phenoxy) is 1. The number of alkyl halides is 1. The van der Waals surface area contributed by atoms with E-state index in [4.69, 9.17) is 32.0 Å². The fourth-order valence-electron chi connectivity index (χ4n) is 1.11. The zero-order valence-corrected chi connectivity index (χ0v) is 7.24. The maximum atomic E-state index is 9.21. The van der Waals surface area contributed by atoms with E-state index in [2.05, 4.69) is 4.74 Å². The number of hydrogen-bond donors (Lipinski definition) is 5. The Morgan fingerprint density at radius 1 is 1.00 bits per heavy atom. The summed E-state index contributed by atoms with van der Waals surface area (Å²) >= 11 is 5.20. The molecule has 1 aliphatic heterocycles. The SMILES string of the molecule is OC(Cl)[C@H]1O[C@H](O)[C@H](O)[C@@H](O)[C@@H]1O. The molecule has 0 aromatic heterocycles. The van der Waals surface area contributed by atoms with Gasteiger partial charge in [0.1, 0.15) is 24.4 Å².